The minimum absolute atomic E-state index is 0.0909. The third-order valence-corrected chi connectivity index (χ3v) is 3.98. The summed E-state index contributed by atoms with van der Waals surface area (Å²) in [7, 11) is 1.81. The fraction of sp³-hybridized carbons (Fsp3) is 0.667. The molecule has 0 aliphatic carbocycles. The number of rotatable bonds is 5. The summed E-state index contributed by atoms with van der Waals surface area (Å²) in [6, 6.07) is 0. The standard InChI is InChI=1S/C12H21N3OS/c1-5-12(3,8-13)11(16)15(4)6-10-7-17-9(2)14-10/h7H,5-6,8,13H2,1-4H3. The summed E-state index contributed by atoms with van der Waals surface area (Å²) in [5.74, 6) is 0.0909. The van der Waals surface area contributed by atoms with Crippen molar-refractivity contribution in [1.29, 1.82) is 0 Å². The molecule has 4 nitrogen and oxygen atoms in total. The predicted octanol–water partition coefficient (Wildman–Crippen LogP) is 1.78. The Bertz CT molecular complexity index is 385. The second-order valence-corrected chi connectivity index (χ2v) is 5.70. The third kappa shape index (κ3) is 3.26. The number of carbonyl (C=O) groups is 1. The van der Waals surface area contributed by atoms with Gasteiger partial charge in [-0.15, -0.1) is 11.3 Å². The van der Waals surface area contributed by atoms with E-state index in [0.717, 1.165) is 17.1 Å². The maximum atomic E-state index is 12.3. The molecule has 2 N–H and O–H groups in total. The molecule has 1 atom stereocenters. The lowest BCUT2D eigenvalue weighted by molar-refractivity contribution is -0.140. The zero-order valence-electron chi connectivity index (χ0n) is 11.0. The number of hydrogen-bond donors (Lipinski definition) is 1. The summed E-state index contributed by atoms with van der Waals surface area (Å²) >= 11 is 1.60. The van der Waals surface area contributed by atoms with E-state index in [1.54, 1.807) is 23.3 Å². The average Bonchev–Trinajstić information content (AvgIpc) is 2.72. The number of aryl methyl sites for hydroxylation is 1. The first-order valence-electron chi connectivity index (χ1n) is 5.79. The van der Waals surface area contributed by atoms with Crippen molar-refractivity contribution >= 4 is 17.2 Å². The lowest BCUT2D eigenvalue weighted by atomic mass is 9.86. The Morgan fingerprint density at radius 1 is 1.65 bits per heavy atom. The van der Waals surface area contributed by atoms with Crippen LogP contribution in [0.5, 0.6) is 0 Å². The second kappa shape index (κ2) is 5.60. The molecule has 1 unspecified atom stereocenters. The SMILES string of the molecule is CCC(C)(CN)C(=O)N(C)Cc1csc(C)n1. The van der Waals surface area contributed by atoms with Gasteiger partial charge in [0.1, 0.15) is 0 Å². The van der Waals surface area contributed by atoms with E-state index in [0.29, 0.717) is 13.1 Å². The minimum atomic E-state index is -0.459. The van der Waals surface area contributed by atoms with Crippen molar-refractivity contribution in [2.24, 2.45) is 11.1 Å². The van der Waals surface area contributed by atoms with Crippen LogP contribution in [0, 0.1) is 12.3 Å². The monoisotopic (exact) mass is 255 g/mol. The van der Waals surface area contributed by atoms with E-state index in [9.17, 15) is 4.79 Å². The van der Waals surface area contributed by atoms with Crippen molar-refractivity contribution in [1.82, 2.24) is 9.88 Å². The molecule has 1 aromatic rings. The van der Waals surface area contributed by atoms with Crippen LogP contribution >= 0.6 is 11.3 Å². The maximum Gasteiger partial charge on any atom is 0.229 e. The smallest absolute Gasteiger partial charge is 0.229 e. The molecule has 0 fully saturated rings. The summed E-state index contributed by atoms with van der Waals surface area (Å²) < 4.78 is 0. The van der Waals surface area contributed by atoms with Crippen LogP contribution < -0.4 is 5.73 Å². The Labute approximate surface area is 107 Å². The lowest BCUT2D eigenvalue weighted by Crippen LogP contribution is -2.44. The minimum Gasteiger partial charge on any atom is -0.339 e. The van der Waals surface area contributed by atoms with Crippen LogP contribution in [0.4, 0.5) is 0 Å². The van der Waals surface area contributed by atoms with Crippen LogP contribution in [0.15, 0.2) is 5.38 Å². The van der Waals surface area contributed by atoms with Gasteiger partial charge in [-0.05, 0) is 20.3 Å². The van der Waals surface area contributed by atoms with Crippen molar-refractivity contribution in [3.05, 3.63) is 16.1 Å². The van der Waals surface area contributed by atoms with E-state index < -0.39 is 5.41 Å². The number of aromatic nitrogens is 1. The molecule has 0 saturated heterocycles. The molecular formula is C12H21N3OS. The predicted molar refractivity (Wildman–Crippen MR) is 70.8 cm³/mol. The molecule has 1 heterocycles. The van der Waals surface area contributed by atoms with E-state index in [-0.39, 0.29) is 5.91 Å². The summed E-state index contributed by atoms with van der Waals surface area (Å²) in [6.45, 7) is 6.80. The van der Waals surface area contributed by atoms with Gasteiger partial charge < -0.3 is 10.6 Å². The van der Waals surface area contributed by atoms with E-state index >= 15 is 0 Å². The first-order valence-corrected chi connectivity index (χ1v) is 6.67. The molecule has 17 heavy (non-hydrogen) atoms. The number of thiazole rings is 1. The summed E-state index contributed by atoms with van der Waals surface area (Å²) in [5.41, 5.74) is 6.18. The fourth-order valence-corrected chi connectivity index (χ4v) is 2.24. The highest BCUT2D eigenvalue weighted by atomic mass is 32.1. The number of nitrogens with two attached hydrogens (primary N) is 1. The lowest BCUT2D eigenvalue weighted by Gasteiger charge is -2.30. The van der Waals surface area contributed by atoms with E-state index in [2.05, 4.69) is 4.98 Å². The van der Waals surface area contributed by atoms with Gasteiger partial charge in [-0.2, -0.15) is 0 Å². The van der Waals surface area contributed by atoms with Crippen LogP contribution in [0.2, 0.25) is 0 Å². The molecule has 0 aliphatic rings. The third-order valence-electron chi connectivity index (χ3n) is 3.16. The molecule has 0 radical (unpaired) electrons. The molecule has 0 aromatic carbocycles. The topological polar surface area (TPSA) is 59.2 Å². The fourth-order valence-electron chi connectivity index (χ4n) is 1.64. The van der Waals surface area contributed by atoms with E-state index in [1.165, 1.54) is 0 Å². The number of carbonyl (C=O) groups excluding carboxylic acids is 1. The van der Waals surface area contributed by atoms with Gasteiger partial charge in [-0.25, -0.2) is 4.98 Å². The Balaban J connectivity index is 2.70. The molecule has 0 saturated carbocycles. The van der Waals surface area contributed by atoms with Gasteiger partial charge in [-0.3, -0.25) is 4.79 Å². The second-order valence-electron chi connectivity index (χ2n) is 4.64. The molecule has 1 aromatic heterocycles. The molecule has 0 bridgehead atoms. The van der Waals surface area contributed by atoms with Gasteiger partial charge in [0.05, 0.1) is 22.7 Å². The van der Waals surface area contributed by atoms with Gasteiger partial charge in [0, 0.05) is 19.0 Å². The Hall–Kier alpha value is -0.940. The van der Waals surface area contributed by atoms with Crippen LogP contribution in [-0.4, -0.2) is 29.4 Å². The molecule has 1 amide bonds. The summed E-state index contributed by atoms with van der Waals surface area (Å²) in [6.07, 6.45) is 0.753. The van der Waals surface area contributed by atoms with Crippen LogP contribution in [-0.2, 0) is 11.3 Å². The average molecular weight is 255 g/mol. The molecular weight excluding hydrogens is 234 g/mol. The van der Waals surface area contributed by atoms with Crippen molar-refractivity contribution in [3.8, 4) is 0 Å². The molecule has 96 valence electrons. The van der Waals surface area contributed by atoms with Gasteiger partial charge >= 0.3 is 0 Å². The maximum absolute atomic E-state index is 12.3. The largest absolute Gasteiger partial charge is 0.339 e. The number of amides is 1. The van der Waals surface area contributed by atoms with E-state index in [4.69, 9.17) is 5.73 Å². The highest BCUT2D eigenvalue weighted by Crippen LogP contribution is 2.23. The van der Waals surface area contributed by atoms with Crippen molar-refractivity contribution in [3.63, 3.8) is 0 Å². The zero-order valence-corrected chi connectivity index (χ0v) is 11.8. The van der Waals surface area contributed by atoms with Crippen LogP contribution in [0.3, 0.4) is 0 Å². The number of hydrogen-bond acceptors (Lipinski definition) is 4. The molecule has 0 aliphatic heterocycles. The zero-order chi connectivity index (χ0) is 13.1. The number of nitrogens with zero attached hydrogens (tertiary/aromatic N) is 2. The first-order chi connectivity index (χ1) is 7.92. The summed E-state index contributed by atoms with van der Waals surface area (Å²) in [4.78, 5) is 18.3. The Kier molecular flexibility index (Phi) is 4.65. The van der Waals surface area contributed by atoms with Crippen molar-refractivity contribution in [2.75, 3.05) is 13.6 Å². The molecule has 0 spiro atoms. The quantitative estimate of drug-likeness (QED) is 0.872. The van der Waals surface area contributed by atoms with Gasteiger partial charge in [0.15, 0.2) is 0 Å². The van der Waals surface area contributed by atoms with E-state index in [1.807, 2.05) is 26.2 Å². The normalized spacial score (nSPS) is 14.4. The molecule has 5 heteroatoms. The highest BCUT2D eigenvalue weighted by molar-refractivity contribution is 7.09. The molecule has 1 rings (SSSR count). The highest BCUT2D eigenvalue weighted by Gasteiger charge is 2.32. The van der Waals surface area contributed by atoms with Gasteiger partial charge in [-0.1, -0.05) is 6.92 Å². The van der Waals surface area contributed by atoms with Crippen molar-refractivity contribution < 1.29 is 4.79 Å². The Morgan fingerprint density at radius 3 is 2.71 bits per heavy atom. The van der Waals surface area contributed by atoms with Crippen molar-refractivity contribution in [2.45, 2.75) is 33.7 Å². The van der Waals surface area contributed by atoms with Gasteiger partial charge in [0.25, 0.3) is 0 Å². The first kappa shape index (κ1) is 14.1. The van der Waals surface area contributed by atoms with Crippen LogP contribution in [0.1, 0.15) is 31.0 Å². The Morgan fingerprint density at radius 2 is 2.29 bits per heavy atom. The van der Waals surface area contributed by atoms with Crippen LogP contribution in [0.25, 0.3) is 0 Å². The van der Waals surface area contributed by atoms with Gasteiger partial charge in [0.2, 0.25) is 5.91 Å². The summed E-state index contributed by atoms with van der Waals surface area (Å²) in [5, 5.41) is 3.02.